The predicted octanol–water partition coefficient (Wildman–Crippen LogP) is 4.11. The molecule has 28 heavy (non-hydrogen) atoms. The second-order valence-electron chi connectivity index (χ2n) is 7.35. The first-order valence-electron chi connectivity index (χ1n) is 9.81. The van der Waals surface area contributed by atoms with Gasteiger partial charge in [0.2, 0.25) is 0 Å². The lowest BCUT2D eigenvalue weighted by molar-refractivity contribution is -0.154. The fraction of sp³-hybridized carbons (Fsp3) is 0.435. The van der Waals surface area contributed by atoms with E-state index in [0.717, 1.165) is 11.3 Å². The summed E-state index contributed by atoms with van der Waals surface area (Å²) >= 11 is 1.67. The summed E-state index contributed by atoms with van der Waals surface area (Å²) in [4.78, 5) is 13.7. The average molecular weight is 401 g/mol. The maximum atomic E-state index is 12.6. The minimum atomic E-state index is -0.523. The summed E-state index contributed by atoms with van der Waals surface area (Å²) in [5, 5.41) is 10.3. The molecule has 1 heterocycles. The Labute approximate surface area is 171 Å². The van der Waals surface area contributed by atoms with Crippen LogP contribution in [0.1, 0.15) is 25.3 Å². The number of aliphatic hydroxyl groups is 1. The van der Waals surface area contributed by atoms with Gasteiger partial charge in [0.15, 0.2) is 0 Å². The van der Waals surface area contributed by atoms with E-state index < -0.39 is 6.10 Å². The van der Waals surface area contributed by atoms with Gasteiger partial charge in [-0.05, 0) is 30.5 Å². The Morgan fingerprint density at radius 2 is 1.82 bits per heavy atom. The normalized spacial score (nSPS) is 23.6. The molecule has 150 valence electrons. The lowest BCUT2D eigenvalue weighted by atomic mass is 9.90. The molecule has 2 aromatic rings. The summed E-state index contributed by atoms with van der Waals surface area (Å²) in [5.41, 5.74) is 1.18. The van der Waals surface area contributed by atoms with Gasteiger partial charge in [-0.15, -0.1) is 11.8 Å². The van der Waals surface area contributed by atoms with Crippen molar-refractivity contribution in [1.29, 1.82) is 0 Å². The van der Waals surface area contributed by atoms with Crippen molar-refractivity contribution in [2.75, 3.05) is 13.2 Å². The molecule has 4 nitrogen and oxygen atoms in total. The Bertz CT molecular complexity index is 722. The van der Waals surface area contributed by atoms with Crippen molar-refractivity contribution in [3.8, 4) is 0 Å². The van der Waals surface area contributed by atoms with Crippen molar-refractivity contribution < 1.29 is 19.4 Å². The van der Waals surface area contributed by atoms with E-state index >= 15 is 0 Å². The number of hydrogen-bond donors (Lipinski definition) is 1. The van der Waals surface area contributed by atoms with Crippen LogP contribution in [0.3, 0.4) is 0 Å². The summed E-state index contributed by atoms with van der Waals surface area (Å²) in [6.45, 7) is 2.66. The van der Waals surface area contributed by atoms with E-state index in [4.69, 9.17) is 9.47 Å². The van der Waals surface area contributed by atoms with Gasteiger partial charge < -0.3 is 14.6 Å². The molecule has 0 saturated carbocycles. The molecule has 0 aromatic heterocycles. The van der Waals surface area contributed by atoms with Gasteiger partial charge in [0.1, 0.15) is 6.10 Å². The van der Waals surface area contributed by atoms with Gasteiger partial charge in [0.25, 0.3) is 0 Å². The van der Waals surface area contributed by atoms with Gasteiger partial charge in [0, 0.05) is 16.1 Å². The Morgan fingerprint density at radius 3 is 2.54 bits per heavy atom. The number of benzene rings is 2. The molecule has 0 aliphatic carbocycles. The zero-order chi connectivity index (χ0) is 19.8. The Hall–Kier alpha value is -1.82. The van der Waals surface area contributed by atoms with E-state index in [-0.39, 0.29) is 23.2 Å². The second kappa shape index (κ2) is 10.6. The Kier molecular flexibility index (Phi) is 7.95. The summed E-state index contributed by atoms with van der Waals surface area (Å²) in [6.07, 6.45) is 0.814. The number of carbonyl (C=O) groups is 1. The van der Waals surface area contributed by atoms with Crippen LogP contribution in [-0.2, 0) is 20.7 Å². The number of thioether (sulfide) groups is 1. The van der Waals surface area contributed by atoms with E-state index in [1.54, 1.807) is 11.8 Å². The van der Waals surface area contributed by atoms with Crippen LogP contribution in [0.4, 0.5) is 0 Å². The van der Waals surface area contributed by atoms with Gasteiger partial charge >= 0.3 is 5.97 Å². The van der Waals surface area contributed by atoms with E-state index in [1.165, 1.54) is 5.56 Å². The van der Waals surface area contributed by atoms with Crippen LogP contribution in [0, 0.1) is 5.92 Å². The monoisotopic (exact) mass is 400 g/mol. The molecule has 1 fully saturated rings. The minimum absolute atomic E-state index is 0.0425. The number of rotatable bonds is 7. The molecule has 3 rings (SSSR count). The summed E-state index contributed by atoms with van der Waals surface area (Å²) in [6, 6.07) is 20.2. The van der Waals surface area contributed by atoms with Crippen LogP contribution in [0.5, 0.6) is 0 Å². The molecule has 0 radical (unpaired) electrons. The van der Waals surface area contributed by atoms with E-state index in [1.807, 2.05) is 55.5 Å². The number of carbonyl (C=O) groups excluding carboxylic acids is 1. The summed E-state index contributed by atoms with van der Waals surface area (Å²) in [5.74, 6) is -0.167. The minimum Gasteiger partial charge on any atom is -0.460 e. The van der Waals surface area contributed by atoms with Gasteiger partial charge in [0.05, 0.1) is 25.7 Å². The summed E-state index contributed by atoms with van der Waals surface area (Å²) in [7, 11) is 0. The molecule has 3 unspecified atom stereocenters. The third-order valence-electron chi connectivity index (χ3n) is 4.85. The van der Waals surface area contributed by atoms with Crippen molar-refractivity contribution in [2.24, 2.45) is 5.92 Å². The molecule has 1 aliphatic rings. The molecule has 0 spiro atoms. The second-order valence-corrected chi connectivity index (χ2v) is 8.86. The number of esters is 1. The Morgan fingerprint density at radius 1 is 1.14 bits per heavy atom. The first-order valence-corrected chi connectivity index (χ1v) is 10.7. The lowest BCUT2D eigenvalue weighted by Crippen LogP contribution is -2.32. The van der Waals surface area contributed by atoms with Crippen LogP contribution < -0.4 is 0 Å². The highest BCUT2D eigenvalue weighted by atomic mass is 32.2. The first kappa shape index (κ1) is 20.9. The van der Waals surface area contributed by atoms with Crippen molar-refractivity contribution in [1.82, 2.24) is 0 Å². The van der Waals surface area contributed by atoms with Gasteiger partial charge in [-0.2, -0.15) is 0 Å². The third-order valence-corrected chi connectivity index (χ3v) is 5.96. The van der Waals surface area contributed by atoms with Gasteiger partial charge in [-0.3, -0.25) is 4.79 Å². The fourth-order valence-corrected chi connectivity index (χ4v) is 4.51. The van der Waals surface area contributed by atoms with Crippen LogP contribution in [-0.4, -0.2) is 41.7 Å². The molecule has 1 saturated heterocycles. The quantitative estimate of drug-likeness (QED) is 0.560. The predicted molar refractivity (Wildman–Crippen MR) is 111 cm³/mol. The Balaban J connectivity index is 1.58. The number of hydrogen-bond acceptors (Lipinski definition) is 5. The average Bonchev–Trinajstić information content (AvgIpc) is 2.84. The number of ether oxygens (including phenoxy) is 2. The molecular weight excluding hydrogens is 372 g/mol. The zero-order valence-corrected chi connectivity index (χ0v) is 17.0. The molecule has 5 heteroatoms. The molecule has 1 N–H and O–H groups in total. The van der Waals surface area contributed by atoms with Crippen LogP contribution in [0.25, 0.3) is 0 Å². The largest absolute Gasteiger partial charge is 0.460 e. The highest BCUT2D eigenvalue weighted by molar-refractivity contribution is 8.00. The standard InChI is InChI=1S/C23H28O4S/c1-17(28-21-10-6-3-7-11-21)12-23(25)27-22-16-26-15-20(24)14-19(22)13-18-8-4-2-5-9-18/h2-11,17,19-20,22,24H,12-16H2,1H3/t17?,19?,20-,22?/m0/s1. The highest BCUT2D eigenvalue weighted by Gasteiger charge is 2.31. The van der Waals surface area contributed by atoms with Crippen LogP contribution >= 0.6 is 11.8 Å². The van der Waals surface area contributed by atoms with Crippen molar-refractivity contribution >= 4 is 17.7 Å². The van der Waals surface area contributed by atoms with Crippen molar-refractivity contribution in [3.63, 3.8) is 0 Å². The number of aliphatic hydroxyl groups excluding tert-OH is 1. The van der Waals surface area contributed by atoms with E-state index in [0.29, 0.717) is 26.1 Å². The van der Waals surface area contributed by atoms with Gasteiger partial charge in [-0.1, -0.05) is 55.5 Å². The van der Waals surface area contributed by atoms with Crippen molar-refractivity contribution in [2.45, 2.75) is 48.5 Å². The molecular formula is C23H28O4S. The molecule has 0 amide bonds. The molecule has 1 aliphatic heterocycles. The van der Waals surface area contributed by atoms with Crippen LogP contribution in [0.15, 0.2) is 65.6 Å². The van der Waals surface area contributed by atoms with E-state index in [2.05, 4.69) is 12.1 Å². The third kappa shape index (κ3) is 6.66. The highest BCUT2D eigenvalue weighted by Crippen LogP contribution is 2.27. The van der Waals surface area contributed by atoms with E-state index in [9.17, 15) is 9.90 Å². The lowest BCUT2D eigenvalue weighted by Gasteiger charge is -2.25. The molecule has 0 bridgehead atoms. The fourth-order valence-electron chi connectivity index (χ4n) is 3.51. The maximum absolute atomic E-state index is 12.6. The molecule has 4 atom stereocenters. The summed E-state index contributed by atoms with van der Waals surface area (Å²) < 4.78 is 11.4. The van der Waals surface area contributed by atoms with Crippen molar-refractivity contribution in [3.05, 3.63) is 66.2 Å². The zero-order valence-electron chi connectivity index (χ0n) is 16.2. The van der Waals surface area contributed by atoms with Crippen LogP contribution in [0.2, 0.25) is 0 Å². The smallest absolute Gasteiger partial charge is 0.307 e. The topological polar surface area (TPSA) is 55.8 Å². The maximum Gasteiger partial charge on any atom is 0.307 e. The SMILES string of the molecule is CC(CC(=O)OC1COC[C@@H](O)CC1Cc1ccccc1)Sc1ccccc1. The molecule has 2 aromatic carbocycles. The van der Waals surface area contributed by atoms with Gasteiger partial charge in [-0.25, -0.2) is 0 Å². The first-order chi connectivity index (χ1) is 13.6.